The number of hydrogen-bond donors (Lipinski definition) is 2. The van der Waals surface area contributed by atoms with Gasteiger partial charge in [-0.25, -0.2) is 14.5 Å². The van der Waals surface area contributed by atoms with Crippen molar-refractivity contribution < 1.29 is 13.2 Å². The SMILES string of the molecule is FC(F)(F)c1cc2c(NCCc3ncc[nH]3)nccn2n1. The van der Waals surface area contributed by atoms with Gasteiger partial charge in [0.15, 0.2) is 11.5 Å². The van der Waals surface area contributed by atoms with E-state index in [2.05, 4.69) is 25.4 Å². The highest BCUT2D eigenvalue weighted by molar-refractivity contribution is 5.67. The van der Waals surface area contributed by atoms with Crippen LogP contribution in [0.15, 0.2) is 30.9 Å². The minimum Gasteiger partial charge on any atom is -0.368 e. The Morgan fingerprint density at radius 1 is 1.24 bits per heavy atom. The van der Waals surface area contributed by atoms with Gasteiger partial charge < -0.3 is 10.3 Å². The predicted molar refractivity (Wildman–Crippen MR) is 68.8 cm³/mol. The van der Waals surface area contributed by atoms with Crippen molar-refractivity contribution in [1.29, 1.82) is 0 Å². The van der Waals surface area contributed by atoms with E-state index in [4.69, 9.17) is 0 Å². The molecule has 3 aromatic rings. The molecule has 0 saturated heterocycles. The molecule has 0 aliphatic carbocycles. The molecule has 3 heterocycles. The first-order valence-electron chi connectivity index (χ1n) is 6.18. The lowest BCUT2D eigenvalue weighted by Crippen LogP contribution is -2.08. The van der Waals surface area contributed by atoms with Gasteiger partial charge in [0.25, 0.3) is 0 Å². The summed E-state index contributed by atoms with van der Waals surface area (Å²) >= 11 is 0. The van der Waals surface area contributed by atoms with Gasteiger partial charge in [-0.3, -0.25) is 0 Å². The van der Waals surface area contributed by atoms with Crippen molar-refractivity contribution in [2.45, 2.75) is 12.6 Å². The van der Waals surface area contributed by atoms with E-state index >= 15 is 0 Å². The second-order valence-corrected chi connectivity index (χ2v) is 4.35. The number of anilines is 1. The van der Waals surface area contributed by atoms with Crippen LogP contribution in [0, 0.1) is 0 Å². The van der Waals surface area contributed by atoms with Gasteiger partial charge in [0, 0.05) is 43.8 Å². The third-order valence-electron chi connectivity index (χ3n) is 2.89. The molecule has 0 saturated carbocycles. The van der Waals surface area contributed by atoms with Gasteiger partial charge >= 0.3 is 6.18 Å². The third kappa shape index (κ3) is 2.81. The Morgan fingerprint density at radius 3 is 2.81 bits per heavy atom. The van der Waals surface area contributed by atoms with E-state index in [0.717, 1.165) is 16.4 Å². The molecule has 0 aliphatic rings. The number of aromatic amines is 1. The molecule has 0 fully saturated rings. The fourth-order valence-electron chi connectivity index (χ4n) is 1.93. The van der Waals surface area contributed by atoms with Gasteiger partial charge in [-0.2, -0.15) is 18.3 Å². The second kappa shape index (κ2) is 5.08. The van der Waals surface area contributed by atoms with Crippen LogP contribution in [0.2, 0.25) is 0 Å². The maximum atomic E-state index is 12.7. The van der Waals surface area contributed by atoms with Crippen molar-refractivity contribution in [1.82, 2.24) is 24.6 Å². The van der Waals surface area contributed by atoms with Crippen molar-refractivity contribution >= 4 is 11.3 Å². The summed E-state index contributed by atoms with van der Waals surface area (Å²) in [7, 11) is 0. The summed E-state index contributed by atoms with van der Waals surface area (Å²) in [5, 5.41) is 6.49. The minimum atomic E-state index is -4.47. The summed E-state index contributed by atoms with van der Waals surface area (Å²) in [6.45, 7) is 0.493. The quantitative estimate of drug-likeness (QED) is 0.773. The molecule has 21 heavy (non-hydrogen) atoms. The lowest BCUT2D eigenvalue weighted by atomic mass is 10.3. The van der Waals surface area contributed by atoms with Gasteiger partial charge in [-0.05, 0) is 0 Å². The monoisotopic (exact) mass is 296 g/mol. The average Bonchev–Trinajstić information content (AvgIpc) is 3.06. The summed E-state index contributed by atoms with van der Waals surface area (Å²) in [5.74, 6) is 1.14. The minimum absolute atomic E-state index is 0.282. The van der Waals surface area contributed by atoms with Crippen LogP contribution in [0.1, 0.15) is 11.5 Å². The van der Waals surface area contributed by atoms with E-state index in [9.17, 15) is 13.2 Å². The van der Waals surface area contributed by atoms with E-state index in [1.54, 1.807) is 12.4 Å². The lowest BCUT2D eigenvalue weighted by molar-refractivity contribution is -0.141. The number of imidazole rings is 1. The van der Waals surface area contributed by atoms with E-state index in [-0.39, 0.29) is 5.52 Å². The number of H-pyrrole nitrogens is 1. The van der Waals surface area contributed by atoms with E-state index in [1.807, 2.05) is 0 Å². The fraction of sp³-hybridized carbons (Fsp3) is 0.250. The normalized spacial score (nSPS) is 12.0. The van der Waals surface area contributed by atoms with Gasteiger partial charge in [0.05, 0.1) is 0 Å². The van der Waals surface area contributed by atoms with Crippen LogP contribution in [0.25, 0.3) is 5.52 Å². The highest BCUT2D eigenvalue weighted by Gasteiger charge is 2.34. The summed E-state index contributed by atoms with van der Waals surface area (Å²) in [6, 6.07) is 0.974. The molecule has 0 spiro atoms. The zero-order chi connectivity index (χ0) is 14.9. The Hall–Kier alpha value is -2.58. The summed E-state index contributed by atoms with van der Waals surface area (Å²) in [6.07, 6.45) is 2.26. The highest BCUT2D eigenvalue weighted by Crippen LogP contribution is 2.29. The van der Waals surface area contributed by atoms with Crippen molar-refractivity contribution in [3.63, 3.8) is 0 Å². The lowest BCUT2D eigenvalue weighted by Gasteiger charge is -2.05. The summed E-state index contributed by atoms with van der Waals surface area (Å²) in [5.41, 5.74) is -0.658. The number of nitrogens with one attached hydrogen (secondary N) is 2. The van der Waals surface area contributed by atoms with Crippen molar-refractivity contribution in [3.8, 4) is 0 Å². The Bertz CT molecular complexity index is 731. The maximum absolute atomic E-state index is 12.7. The van der Waals surface area contributed by atoms with Crippen molar-refractivity contribution in [2.75, 3.05) is 11.9 Å². The number of rotatable bonds is 4. The molecule has 0 unspecified atom stereocenters. The highest BCUT2D eigenvalue weighted by atomic mass is 19.4. The van der Waals surface area contributed by atoms with Crippen LogP contribution in [0.3, 0.4) is 0 Å². The molecular formula is C12H11F3N6. The molecule has 0 radical (unpaired) electrons. The number of fused-ring (bicyclic) bond motifs is 1. The maximum Gasteiger partial charge on any atom is 0.435 e. The molecule has 2 N–H and O–H groups in total. The Morgan fingerprint density at radius 2 is 2.10 bits per heavy atom. The molecule has 0 bridgehead atoms. The molecule has 0 aliphatic heterocycles. The van der Waals surface area contributed by atoms with Crippen LogP contribution < -0.4 is 5.32 Å². The Balaban J connectivity index is 1.80. The number of alkyl halides is 3. The first-order chi connectivity index (χ1) is 10.0. The van der Waals surface area contributed by atoms with Crippen LogP contribution >= 0.6 is 0 Å². The average molecular weight is 296 g/mol. The molecule has 0 atom stereocenters. The molecule has 110 valence electrons. The van der Waals surface area contributed by atoms with Crippen LogP contribution in [0.5, 0.6) is 0 Å². The first kappa shape index (κ1) is 13.4. The zero-order valence-electron chi connectivity index (χ0n) is 10.7. The fourth-order valence-corrected chi connectivity index (χ4v) is 1.93. The second-order valence-electron chi connectivity index (χ2n) is 4.35. The van der Waals surface area contributed by atoms with Crippen molar-refractivity contribution in [2.24, 2.45) is 0 Å². The third-order valence-corrected chi connectivity index (χ3v) is 2.89. The number of nitrogens with zero attached hydrogens (tertiary/aromatic N) is 4. The van der Waals surface area contributed by atoms with Crippen molar-refractivity contribution in [3.05, 3.63) is 42.4 Å². The molecule has 9 heteroatoms. The first-order valence-corrected chi connectivity index (χ1v) is 6.18. The molecule has 0 amide bonds. The van der Waals surface area contributed by atoms with Crippen LogP contribution in [-0.2, 0) is 12.6 Å². The topological polar surface area (TPSA) is 70.9 Å². The summed E-state index contributed by atoms with van der Waals surface area (Å²) in [4.78, 5) is 11.1. The van der Waals surface area contributed by atoms with Crippen LogP contribution in [-0.4, -0.2) is 31.1 Å². The van der Waals surface area contributed by atoms with Gasteiger partial charge in [0.2, 0.25) is 0 Å². The predicted octanol–water partition coefficient (Wildman–Crippen LogP) is 2.13. The van der Waals surface area contributed by atoms with E-state index in [1.165, 1.54) is 12.4 Å². The molecule has 3 rings (SSSR count). The standard InChI is InChI=1S/C12H11F3N6/c13-12(14,15)9-7-8-11(19-5-6-21(8)20-9)18-2-1-10-16-3-4-17-10/h3-7H,1-2H2,(H,16,17)(H,18,19). The van der Waals surface area contributed by atoms with Gasteiger partial charge in [-0.1, -0.05) is 0 Å². The number of halogens is 3. The largest absolute Gasteiger partial charge is 0.435 e. The Kier molecular flexibility index (Phi) is 3.24. The van der Waals surface area contributed by atoms with E-state index in [0.29, 0.717) is 18.8 Å². The summed E-state index contributed by atoms with van der Waals surface area (Å²) < 4.78 is 39.2. The number of aromatic nitrogens is 5. The Labute approximate surface area is 117 Å². The molecule has 6 nitrogen and oxygen atoms in total. The van der Waals surface area contributed by atoms with E-state index < -0.39 is 11.9 Å². The number of hydrogen-bond acceptors (Lipinski definition) is 4. The zero-order valence-corrected chi connectivity index (χ0v) is 10.7. The molecule has 3 aromatic heterocycles. The smallest absolute Gasteiger partial charge is 0.368 e. The van der Waals surface area contributed by atoms with Gasteiger partial charge in [0.1, 0.15) is 11.3 Å². The van der Waals surface area contributed by atoms with Gasteiger partial charge in [-0.15, -0.1) is 0 Å². The molecular weight excluding hydrogens is 285 g/mol. The molecule has 0 aromatic carbocycles. The van der Waals surface area contributed by atoms with Crippen LogP contribution in [0.4, 0.5) is 19.0 Å².